The molecule has 0 spiro atoms. The highest BCUT2D eigenvalue weighted by Crippen LogP contribution is 2.31. The van der Waals surface area contributed by atoms with Gasteiger partial charge in [0, 0.05) is 31.7 Å². The van der Waals surface area contributed by atoms with Crippen molar-refractivity contribution in [2.45, 2.75) is 32.4 Å². The highest BCUT2D eigenvalue weighted by molar-refractivity contribution is 6.01. The van der Waals surface area contributed by atoms with Crippen molar-refractivity contribution in [3.63, 3.8) is 0 Å². The van der Waals surface area contributed by atoms with Gasteiger partial charge in [-0.05, 0) is 31.5 Å². The van der Waals surface area contributed by atoms with Gasteiger partial charge in [-0.1, -0.05) is 6.92 Å². The molecule has 2 aliphatic heterocycles. The number of benzene rings is 1. The first-order chi connectivity index (χ1) is 10.7. The van der Waals surface area contributed by atoms with E-state index in [1.807, 2.05) is 25.1 Å². The van der Waals surface area contributed by atoms with E-state index in [4.69, 9.17) is 4.74 Å². The molecular formula is C17H25N3O2. The largest absolute Gasteiger partial charge is 0.486 e. The molecule has 0 aromatic heterocycles. The molecular weight excluding hydrogens is 278 g/mol. The van der Waals surface area contributed by atoms with Crippen LogP contribution < -0.4 is 15.4 Å². The number of carbonyl (C=O) groups excluding carboxylic acids is 1. The minimum absolute atomic E-state index is 0.0759. The van der Waals surface area contributed by atoms with Gasteiger partial charge in [0.1, 0.15) is 11.9 Å². The molecule has 2 heterocycles. The highest BCUT2D eigenvalue weighted by atomic mass is 16.5. The molecule has 0 radical (unpaired) electrons. The van der Waals surface area contributed by atoms with Gasteiger partial charge in [0.25, 0.3) is 0 Å². The number of ether oxygens (including phenoxy) is 1. The van der Waals surface area contributed by atoms with Crippen LogP contribution >= 0.6 is 0 Å². The fraction of sp³-hybridized carbons (Fsp3) is 0.588. The molecule has 0 bridgehead atoms. The van der Waals surface area contributed by atoms with Gasteiger partial charge in [0.15, 0.2) is 5.78 Å². The van der Waals surface area contributed by atoms with Crippen LogP contribution in [-0.2, 0) is 0 Å². The topological polar surface area (TPSA) is 53.6 Å². The maximum atomic E-state index is 12.7. The van der Waals surface area contributed by atoms with Crippen LogP contribution in [0.3, 0.4) is 0 Å². The predicted molar refractivity (Wildman–Crippen MR) is 87.9 cm³/mol. The second kappa shape index (κ2) is 6.67. The van der Waals surface area contributed by atoms with Crippen LogP contribution in [0.2, 0.25) is 0 Å². The molecule has 22 heavy (non-hydrogen) atoms. The van der Waals surface area contributed by atoms with E-state index in [9.17, 15) is 4.79 Å². The summed E-state index contributed by atoms with van der Waals surface area (Å²) in [5, 5.41) is 6.70. The van der Waals surface area contributed by atoms with E-state index in [2.05, 4.69) is 22.5 Å². The molecule has 3 rings (SSSR count). The van der Waals surface area contributed by atoms with Crippen molar-refractivity contribution in [2.24, 2.45) is 0 Å². The Morgan fingerprint density at radius 1 is 1.41 bits per heavy atom. The maximum absolute atomic E-state index is 12.7. The number of carbonyl (C=O) groups is 1. The van der Waals surface area contributed by atoms with Crippen molar-refractivity contribution in [1.29, 1.82) is 0 Å². The summed E-state index contributed by atoms with van der Waals surface area (Å²) in [7, 11) is 0. The molecule has 5 nitrogen and oxygen atoms in total. The summed E-state index contributed by atoms with van der Waals surface area (Å²) in [6.45, 7) is 8.68. The van der Waals surface area contributed by atoms with Crippen LogP contribution in [0.25, 0.3) is 0 Å². The second-order valence-electron chi connectivity index (χ2n) is 6.07. The Morgan fingerprint density at radius 3 is 2.91 bits per heavy atom. The second-order valence-corrected chi connectivity index (χ2v) is 6.07. The summed E-state index contributed by atoms with van der Waals surface area (Å²) in [5.41, 5.74) is 1.69. The highest BCUT2D eigenvalue weighted by Gasteiger charge is 2.25. The number of rotatable bonds is 4. The monoisotopic (exact) mass is 303 g/mol. The fourth-order valence-corrected chi connectivity index (χ4v) is 3.07. The summed E-state index contributed by atoms with van der Waals surface area (Å²) in [6.07, 6.45) is 1.20. The smallest absolute Gasteiger partial charge is 0.179 e. The lowest BCUT2D eigenvalue weighted by Crippen LogP contribution is -2.50. The lowest BCUT2D eigenvalue weighted by atomic mass is 10.0. The van der Waals surface area contributed by atoms with E-state index in [1.165, 1.54) is 0 Å². The van der Waals surface area contributed by atoms with Crippen LogP contribution in [-0.4, -0.2) is 55.6 Å². The summed E-state index contributed by atoms with van der Waals surface area (Å²) in [6, 6.07) is 5.66. The van der Waals surface area contributed by atoms with Crippen LogP contribution in [0, 0.1) is 0 Å². The van der Waals surface area contributed by atoms with Gasteiger partial charge in [0.05, 0.1) is 18.3 Å². The molecule has 120 valence electrons. The normalized spacial score (nSPS) is 23.1. The van der Waals surface area contributed by atoms with Crippen molar-refractivity contribution < 1.29 is 9.53 Å². The van der Waals surface area contributed by atoms with E-state index in [0.29, 0.717) is 0 Å². The number of hydrogen-bond acceptors (Lipinski definition) is 5. The van der Waals surface area contributed by atoms with E-state index in [-0.39, 0.29) is 17.9 Å². The van der Waals surface area contributed by atoms with E-state index in [0.717, 1.165) is 56.1 Å². The van der Waals surface area contributed by atoms with Crippen molar-refractivity contribution >= 4 is 11.5 Å². The summed E-state index contributed by atoms with van der Waals surface area (Å²) in [5.74, 6) is 1.04. The Kier molecular flexibility index (Phi) is 4.64. The quantitative estimate of drug-likeness (QED) is 0.830. The molecule has 2 atom stereocenters. The van der Waals surface area contributed by atoms with Crippen LogP contribution in [0.5, 0.6) is 5.75 Å². The number of nitrogens with zero attached hydrogens (tertiary/aromatic N) is 1. The Morgan fingerprint density at radius 2 is 2.18 bits per heavy atom. The Hall–Kier alpha value is -1.59. The van der Waals surface area contributed by atoms with Crippen molar-refractivity contribution in [3.8, 4) is 5.75 Å². The van der Waals surface area contributed by atoms with Gasteiger partial charge in [0.2, 0.25) is 0 Å². The van der Waals surface area contributed by atoms with Gasteiger partial charge in [-0.3, -0.25) is 9.69 Å². The lowest BCUT2D eigenvalue weighted by molar-refractivity contribution is 0.0820. The molecule has 2 aliphatic rings. The molecule has 0 aliphatic carbocycles. The van der Waals surface area contributed by atoms with E-state index in [1.54, 1.807) is 0 Å². The molecule has 1 fully saturated rings. The molecule has 0 amide bonds. The van der Waals surface area contributed by atoms with E-state index < -0.39 is 0 Å². The third-order valence-electron chi connectivity index (χ3n) is 4.61. The first-order valence-electron chi connectivity index (χ1n) is 8.22. The molecule has 1 aromatic carbocycles. The Bertz CT molecular complexity index is 541. The number of anilines is 1. The van der Waals surface area contributed by atoms with Crippen LogP contribution in [0.4, 0.5) is 5.69 Å². The predicted octanol–water partition coefficient (Wildman–Crippen LogP) is 1.75. The van der Waals surface area contributed by atoms with Gasteiger partial charge in [-0.2, -0.15) is 0 Å². The zero-order valence-corrected chi connectivity index (χ0v) is 13.4. The molecule has 0 saturated carbocycles. The van der Waals surface area contributed by atoms with E-state index >= 15 is 0 Å². The average Bonchev–Trinajstić information content (AvgIpc) is 2.60. The first-order valence-corrected chi connectivity index (χ1v) is 8.22. The molecule has 1 aromatic rings. The number of fused-ring (bicyclic) bond motifs is 1. The third kappa shape index (κ3) is 3.10. The molecule has 2 unspecified atom stereocenters. The minimum Gasteiger partial charge on any atom is -0.486 e. The minimum atomic E-state index is -0.0759. The third-order valence-corrected chi connectivity index (χ3v) is 4.61. The number of hydrogen-bond donors (Lipinski definition) is 2. The lowest BCUT2D eigenvalue weighted by Gasteiger charge is -2.32. The number of Topliss-reactive ketones (excluding diaryl/α,β-unsaturated/α-hetero) is 1. The van der Waals surface area contributed by atoms with Gasteiger partial charge in [-0.25, -0.2) is 0 Å². The van der Waals surface area contributed by atoms with Crippen molar-refractivity contribution in [1.82, 2.24) is 10.2 Å². The summed E-state index contributed by atoms with van der Waals surface area (Å²) >= 11 is 0. The molecule has 2 N–H and O–H groups in total. The maximum Gasteiger partial charge on any atom is 0.179 e. The van der Waals surface area contributed by atoms with Crippen LogP contribution in [0.15, 0.2) is 18.2 Å². The number of ketones is 1. The number of nitrogens with one attached hydrogen (secondary N) is 2. The van der Waals surface area contributed by atoms with Crippen LogP contribution in [0.1, 0.15) is 30.6 Å². The zero-order valence-electron chi connectivity index (χ0n) is 13.4. The van der Waals surface area contributed by atoms with Crippen molar-refractivity contribution in [2.75, 3.05) is 38.0 Å². The average molecular weight is 303 g/mol. The molecule has 1 saturated heterocycles. The van der Waals surface area contributed by atoms with Gasteiger partial charge < -0.3 is 15.4 Å². The van der Waals surface area contributed by atoms with Crippen molar-refractivity contribution in [3.05, 3.63) is 23.8 Å². The Balaban J connectivity index is 1.73. The fourth-order valence-electron chi connectivity index (χ4n) is 3.07. The first kappa shape index (κ1) is 15.3. The zero-order chi connectivity index (χ0) is 15.5. The van der Waals surface area contributed by atoms with Gasteiger partial charge in [-0.15, -0.1) is 0 Å². The summed E-state index contributed by atoms with van der Waals surface area (Å²) in [4.78, 5) is 15.0. The van der Waals surface area contributed by atoms with Gasteiger partial charge >= 0.3 is 0 Å². The Labute approximate surface area is 132 Å². The molecule has 5 heteroatoms. The standard InChI is InChI=1S/C17H25N3O2/c1-3-14-11-19-15-10-13(4-5-16(15)22-14)17(21)12(2)20-8-6-18-7-9-20/h4-5,10,12,14,18-19H,3,6-9,11H2,1-2H3. The SMILES string of the molecule is CCC1CNc2cc(C(=O)C(C)N3CCNCC3)ccc2O1. The number of piperazine rings is 1. The summed E-state index contributed by atoms with van der Waals surface area (Å²) < 4.78 is 5.90.